The molecule has 1 unspecified atom stereocenters. The number of carbonyl (C=O) groups is 1. The highest BCUT2D eigenvalue weighted by Gasteiger charge is 2.33. The molecule has 3 heterocycles. The number of urea groups is 1. The molecule has 9 heteroatoms. The van der Waals surface area contributed by atoms with Crippen molar-refractivity contribution in [2.45, 2.75) is 18.9 Å². The number of nitrogens with zero attached hydrogens (tertiary/aromatic N) is 5. The van der Waals surface area contributed by atoms with E-state index in [1.807, 2.05) is 11.0 Å². The van der Waals surface area contributed by atoms with Crippen LogP contribution in [0, 0.1) is 11.3 Å². The molecule has 0 bridgehead atoms. The van der Waals surface area contributed by atoms with Gasteiger partial charge in [-0.1, -0.05) is 0 Å². The van der Waals surface area contributed by atoms with Crippen molar-refractivity contribution in [3.05, 3.63) is 26.4 Å². The molecule has 2 aliphatic rings. The number of nitriles is 1. The first-order valence-corrected chi connectivity index (χ1v) is 7.95. The predicted octanol–water partition coefficient (Wildman–Crippen LogP) is -1.05. The van der Waals surface area contributed by atoms with E-state index in [9.17, 15) is 19.6 Å². The summed E-state index contributed by atoms with van der Waals surface area (Å²) in [7, 11) is 2.92. The lowest BCUT2D eigenvalue weighted by Gasteiger charge is -2.38. The average molecular weight is 332 g/mol. The Morgan fingerprint density at radius 1 is 1.17 bits per heavy atom. The molecule has 2 aliphatic heterocycles. The number of hydrogen-bond donors (Lipinski definition) is 1. The summed E-state index contributed by atoms with van der Waals surface area (Å²) in [6.45, 7) is 2.42. The molecular formula is C15H20N6O3. The maximum atomic E-state index is 12.3. The Hall–Kier alpha value is -2.76. The van der Waals surface area contributed by atoms with E-state index in [1.165, 1.54) is 11.6 Å². The molecule has 0 aliphatic carbocycles. The summed E-state index contributed by atoms with van der Waals surface area (Å²) < 4.78 is 2.28. The first-order chi connectivity index (χ1) is 11.5. The van der Waals surface area contributed by atoms with Crippen molar-refractivity contribution in [1.82, 2.24) is 19.4 Å². The Morgan fingerprint density at radius 3 is 2.54 bits per heavy atom. The van der Waals surface area contributed by atoms with E-state index >= 15 is 0 Å². The third-order valence-corrected chi connectivity index (χ3v) is 4.77. The fourth-order valence-corrected chi connectivity index (χ4v) is 3.54. The van der Waals surface area contributed by atoms with Crippen molar-refractivity contribution < 1.29 is 4.79 Å². The fourth-order valence-electron chi connectivity index (χ4n) is 3.54. The Bertz CT molecular complexity index is 833. The number of anilines is 1. The number of aromatic nitrogens is 2. The minimum atomic E-state index is -0.586. The number of amides is 2. The Balaban J connectivity index is 2.00. The quantitative estimate of drug-likeness (QED) is 0.744. The molecule has 2 saturated heterocycles. The standard InChI is InChI=1S/C15H20N6O3/c1-18-12(11(8-16)13(22)19(2)15(18)24)20-6-3-4-10(9-20)21-7-5-17-14(21)23/h10H,3-7,9H2,1-2H3,(H,17,23). The van der Waals surface area contributed by atoms with Crippen LogP contribution >= 0.6 is 0 Å². The van der Waals surface area contributed by atoms with Gasteiger partial charge < -0.3 is 15.1 Å². The van der Waals surface area contributed by atoms with Gasteiger partial charge >= 0.3 is 11.7 Å². The Kier molecular flexibility index (Phi) is 4.05. The van der Waals surface area contributed by atoms with Gasteiger partial charge in [0.15, 0.2) is 5.56 Å². The van der Waals surface area contributed by atoms with Crippen LogP contribution in [-0.2, 0) is 14.1 Å². The van der Waals surface area contributed by atoms with E-state index < -0.39 is 11.2 Å². The Morgan fingerprint density at radius 2 is 1.92 bits per heavy atom. The molecule has 9 nitrogen and oxygen atoms in total. The molecule has 24 heavy (non-hydrogen) atoms. The predicted molar refractivity (Wildman–Crippen MR) is 87.0 cm³/mol. The lowest BCUT2D eigenvalue weighted by atomic mass is 10.0. The summed E-state index contributed by atoms with van der Waals surface area (Å²) in [5.74, 6) is 0.343. The largest absolute Gasteiger partial charge is 0.355 e. The van der Waals surface area contributed by atoms with Gasteiger partial charge in [0, 0.05) is 40.3 Å². The smallest absolute Gasteiger partial charge is 0.332 e. The molecule has 0 aromatic carbocycles. The van der Waals surface area contributed by atoms with Gasteiger partial charge in [-0.05, 0) is 12.8 Å². The molecule has 2 fully saturated rings. The van der Waals surface area contributed by atoms with Crippen LogP contribution in [0.2, 0.25) is 0 Å². The number of nitrogens with one attached hydrogen (secondary N) is 1. The van der Waals surface area contributed by atoms with Crippen LogP contribution in [0.3, 0.4) is 0 Å². The zero-order valence-corrected chi connectivity index (χ0v) is 13.8. The topological polar surface area (TPSA) is 103 Å². The summed E-state index contributed by atoms with van der Waals surface area (Å²) in [5.41, 5.74) is -1.09. The number of rotatable bonds is 2. The third kappa shape index (κ3) is 2.44. The van der Waals surface area contributed by atoms with Gasteiger partial charge in [0.1, 0.15) is 11.9 Å². The van der Waals surface area contributed by atoms with Crippen LogP contribution in [0.5, 0.6) is 0 Å². The maximum absolute atomic E-state index is 12.3. The summed E-state index contributed by atoms with van der Waals surface area (Å²) >= 11 is 0. The molecule has 2 amide bonds. The SMILES string of the molecule is Cn1c(N2CCCC(N3CCNC3=O)C2)c(C#N)c(=O)n(C)c1=O. The van der Waals surface area contributed by atoms with Crippen molar-refractivity contribution in [2.75, 3.05) is 31.1 Å². The minimum Gasteiger partial charge on any atom is -0.355 e. The van der Waals surface area contributed by atoms with Gasteiger partial charge in [0.25, 0.3) is 5.56 Å². The first-order valence-electron chi connectivity index (χ1n) is 7.95. The van der Waals surface area contributed by atoms with Gasteiger partial charge in [-0.15, -0.1) is 0 Å². The lowest BCUT2D eigenvalue weighted by molar-refractivity contribution is 0.189. The van der Waals surface area contributed by atoms with E-state index in [2.05, 4.69) is 5.32 Å². The second kappa shape index (κ2) is 6.03. The van der Waals surface area contributed by atoms with E-state index in [-0.39, 0.29) is 17.6 Å². The molecule has 1 aromatic heterocycles. The van der Waals surface area contributed by atoms with E-state index in [4.69, 9.17) is 0 Å². The highest BCUT2D eigenvalue weighted by Crippen LogP contribution is 2.23. The van der Waals surface area contributed by atoms with Crippen molar-refractivity contribution >= 4 is 11.8 Å². The second-order valence-electron chi connectivity index (χ2n) is 6.18. The molecule has 3 rings (SSSR count). The van der Waals surface area contributed by atoms with Crippen LogP contribution in [0.15, 0.2) is 9.59 Å². The van der Waals surface area contributed by atoms with Crippen LogP contribution in [0.1, 0.15) is 18.4 Å². The van der Waals surface area contributed by atoms with Crippen molar-refractivity contribution in [1.29, 1.82) is 5.26 Å². The molecule has 1 atom stereocenters. The van der Waals surface area contributed by atoms with Crippen LogP contribution in [0.4, 0.5) is 10.6 Å². The van der Waals surface area contributed by atoms with Crippen molar-refractivity contribution in [2.24, 2.45) is 14.1 Å². The summed E-state index contributed by atoms with van der Waals surface area (Å²) in [6, 6.07) is 1.86. The zero-order chi connectivity index (χ0) is 17.4. The molecule has 1 aromatic rings. The Labute approximate surface area is 138 Å². The highest BCUT2D eigenvalue weighted by atomic mass is 16.2. The second-order valence-corrected chi connectivity index (χ2v) is 6.18. The van der Waals surface area contributed by atoms with Crippen LogP contribution in [0.25, 0.3) is 0 Å². The number of piperidine rings is 1. The third-order valence-electron chi connectivity index (χ3n) is 4.77. The fraction of sp³-hybridized carbons (Fsp3) is 0.600. The number of hydrogen-bond acceptors (Lipinski definition) is 5. The summed E-state index contributed by atoms with van der Waals surface area (Å²) in [5, 5.41) is 12.2. The number of carbonyl (C=O) groups excluding carboxylic acids is 1. The molecule has 0 spiro atoms. The first kappa shape index (κ1) is 16.1. The monoisotopic (exact) mass is 332 g/mol. The van der Waals surface area contributed by atoms with E-state index in [0.717, 1.165) is 17.4 Å². The lowest BCUT2D eigenvalue weighted by Crippen LogP contribution is -2.51. The van der Waals surface area contributed by atoms with Crippen molar-refractivity contribution in [3.8, 4) is 6.07 Å². The van der Waals surface area contributed by atoms with Crippen LogP contribution < -0.4 is 21.5 Å². The van der Waals surface area contributed by atoms with Gasteiger partial charge in [0.05, 0.1) is 6.04 Å². The molecule has 0 radical (unpaired) electrons. The van der Waals surface area contributed by atoms with Crippen LogP contribution in [-0.4, -0.2) is 52.3 Å². The van der Waals surface area contributed by atoms with E-state index in [0.29, 0.717) is 32.0 Å². The summed E-state index contributed by atoms with van der Waals surface area (Å²) in [4.78, 5) is 40.0. The van der Waals surface area contributed by atoms with Crippen molar-refractivity contribution in [3.63, 3.8) is 0 Å². The minimum absolute atomic E-state index is 0.00644. The van der Waals surface area contributed by atoms with Gasteiger partial charge in [-0.3, -0.25) is 13.9 Å². The molecule has 0 saturated carbocycles. The van der Waals surface area contributed by atoms with E-state index in [1.54, 1.807) is 11.9 Å². The van der Waals surface area contributed by atoms with Gasteiger partial charge in [0.2, 0.25) is 0 Å². The normalized spacial score (nSPS) is 20.9. The summed E-state index contributed by atoms with van der Waals surface area (Å²) in [6.07, 6.45) is 1.69. The average Bonchev–Trinajstić information content (AvgIpc) is 3.02. The molecular weight excluding hydrogens is 312 g/mol. The molecule has 1 N–H and O–H groups in total. The molecule has 128 valence electrons. The maximum Gasteiger partial charge on any atom is 0.332 e. The zero-order valence-electron chi connectivity index (χ0n) is 13.8. The highest BCUT2D eigenvalue weighted by molar-refractivity contribution is 5.76. The van der Waals surface area contributed by atoms with Gasteiger partial charge in [-0.25, -0.2) is 9.59 Å². The van der Waals surface area contributed by atoms with Gasteiger partial charge in [-0.2, -0.15) is 5.26 Å².